The maximum Gasteiger partial charge on any atom is 0.416 e. The van der Waals surface area contributed by atoms with Crippen molar-refractivity contribution in [1.82, 2.24) is 10.4 Å². The van der Waals surface area contributed by atoms with Crippen molar-refractivity contribution in [3.8, 4) is 0 Å². The largest absolute Gasteiger partial charge is 0.416 e. The predicted molar refractivity (Wildman–Crippen MR) is 122 cm³/mol. The molecule has 0 saturated heterocycles. The Morgan fingerprint density at radius 2 is 1.75 bits per heavy atom. The molecule has 162 valence electrons. The van der Waals surface area contributed by atoms with E-state index >= 15 is 0 Å². The quantitative estimate of drug-likeness (QED) is 0.202. The van der Waals surface area contributed by atoms with Gasteiger partial charge in [0.25, 0.3) is 5.91 Å². The Labute approximate surface area is 190 Å². The molecule has 0 radical (unpaired) electrons. The summed E-state index contributed by atoms with van der Waals surface area (Å²) in [5.41, 5.74) is 4.57. The minimum Gasteiger partial charge on any atom is -0.267 e. The van der Waals surface area contributed by atoms with E-state index in [2.05, 4.69) is 15.5 Å². The molecule has 0 spiro atoms. The number of hydrogen-bond donors (Lipinski definition) is 1. The smallest absolute Gasteiger partial charge is 0.267 e. The molecule has 0 aliphatic carbocycles. The zero-order chi connectivity index (χ0) is 22.6. The monoisotopic (exact) mass is 471 g/mol. The minimum atomic E-state index is -4.39. The van der Waals surface area contributed by atoms with Crippen molar-refractivity contribution in [3.63, 3.8) is 0 Å². The van der Waals surface area contributed by atoms with Crippen LogP contribution in [0, 0.1) is 0 Å². The number of rotatable bonds is 6. The number of hydrogen-bond acceptors (Lipinski definition) is 5. The highest BCUT2D eigenvalue weighted by Gasteiger charge is 2.29. The van der Waals surface area contributed by atoms with Crippen LogP contribution in [0.25, 0.3) is 10.2 Å². The number of para-hydroxylation sites is 1. The van der Waals surface area contributed by atoms with Gasteiger partial charge in [-0.1, -0.05) is 48.2 Å². The van der Waals surface area contributed by atoms with Crippen molar-refractivity contribution < 1.29 is 18.0 Å². The van der Waals surface area contributed by atoms with Crippen LogP contribution < -0.4 is 5.43 Å². The molecule has 1 aromatic heterocycles. The molecule has 1 amide bonds. The number of thiazole rings is 1. The Morgan fingerprint density at radius 3 is 2.44 bits per heavy atom. The van der Waals surface area contributed by atoms with Crippen LogP contribution in [0.4, 0.5) is 13.2 Å². The lowest BCUT2D eigenvalue weighted by atomic mass is 10.1. The lowest BCUT2D eigenvalue weighted by molar-refractivity contribution is -0.137. The number of nitrogens with zero attached hydrogens (tertiary/aromatic N) is 2. The summed E-state index contributed by atoms with van der Waals surface area (Å²) in [6.45, 7) is 0. The van der Waals surface area contributed by atoms with Crippen molar-refractivity contribution in [2.24, 2.45) is 5.10 Å². The van der Waals surface area contributed by atoms with E-state index < -0.39 is 17.6 Å². The number of thioether (sulfide) groups is 1. The van der Waals surface area contributed by atoms with Gasteiger partial charge >= 0.3 is 6.18 Å². The van der Waals surface area contributed by atoms with Gasteiger partial charge in [-0.25, -0.2) is 10.4 Å². The molecule has 3 aromatic carbocycles. The molecular formula is C23H16F3N3OS2. The second-order valence-electron chi connectivity index (χ2n) is 6.75. The average Bonchev–Trinajstić information content (AvgIpc) is 3.21. The zero-order valence-electron chi connectivity index (χ0n) is 16.5. The van der Waals surface area contributed by atoms with Crippen LogP contribution in [0.5, 0.6) is 0 Å². The molecular weight excluding hydrogens is 455 g/mol. The molecule has 4 aromatic rings. The van der Waals surface area contributed by atoms with Gasteiger partial charge in [0.15, 0.2) is 4.34 Å². The van der Waals surface area contributed by atoms with Gasteiger partial charge in [0, 0.05) is 11.3 Å². The summed E-state index contributed by atoms with van der Waals surface area (Å²) in [4.78, 5) is 16.8. The van der Waals surface area contributed by atoms with E-state index in [9.17, 15) is 18.0 Å². The Kier molecular flexibility index (Phi) is 6.57. The molecule has 9 heteroatoms. The van der Waals surface area contributed by atoms with E-state index in [0.717, 1.165) is 38.0 Å². The first kappa shape index (κ1) is 22.0. The second kappa shape index (κ2) is 9.54. The van der Waals surface area contributed by atoms with Crippen LogP contribution in [-0.4, -0.2) is 17.1 Å². The standard InChI is InChI=1S/C23H16F3N3OS2/c24-23(25,26)18-11-7-15(8-12-18)13-27-29-21(30)17-9-5-16(6-10-17)14-31-22-28-19-3-1-2-4-20(19)32-22/h1-13H,14H2,(H,29,30)/b27-13+. The molecule has 1 heterocycles. The van der Waals surface area contributed by atoms with E-state index in [-0.39, 0.29) is 0 Å². The first-order chi connectivity index (χ1) is 15.4. The normalized spacial score (nSPS) is 11.8. The Balaban J connectivity index is 1.30. The van der Waals surface area contributed by atoms with Crippen LogP contribution in [0.3, 0.4) is 0 Å². The lowest BCUT2D eigenvalue weighted by Crippen LogP contribution is -2.17. The third-order valence-corrected chi connectivity index (χ3v) is 6.72. The number of carbonyl (C=O) groups excluding carboxylic acids is 1. The van der Waals surface area contributed by atoms with Gasteiger partial charge < -0.3 is 0 Å². The van der Waals surface area contributed by atoms with E-state index in [4.69, 9.17) is 0 Å². The summed E-state index contributed by atoms with van der Waals surface area (Å²) in [5.74, 6) is 0.326. The lowest BCUT2D eigenvalue weighted by Gasteiger charge is -2.05. The number of alkyl halides is 3. The number of halogens is 3. The number of carbonyl (C=O) groups is 1. The van der Waals surface area contributed by atoms with Gasteiger partial charge in [-0.15, -0.1) is 11.3 Å². The fraction of sp³-hybridized carbons (Fsp3) is 0.0870. The molecule has 32 heavy (non-hydrogen) atoms. The fourth-order valence-electron chi connectivity index (χ4n) is 2.80. The van der Waals surface area contributed by atoms with Gasteiger partial charge in [-0.3, -0.25) is 4.79 Å². The third kappa shape index (κ3) is 5.54. The van der Waals surface area contributed by atoms with E-state index in [1.165, 1.54) is 18.3 Å². The average molecular weight is 472 g/mol. The van der Waals surface area contributed by atoms with Crippen LogP contribution in [0.15, 0.2) is 82.2 Å². The van der Waals surface area contributed by atoms with Gasteiger partial charge in [0.2, 0.25) is 0 Å². The number of benzene rings is 3. The SMILES string of the molecule is O=C(N/N=C/c1ccc(C(F)(F)F)cc1)c1ccc(CSc2nc3ccccc3s2)cc1. The van der Waals surface area contributed by atoms with Crippen LogP contribution in [-0.2, 0) is 11.9 Å². The predicted octanol–water partition coefficient (Wildman–Crippen LogP) is 6.37. The Morgan fingerprint density at radius 1 is 1.03 bits per heavy atom. The molecule has 4 nitrogen and oxygen atoms in total. The molecule has 0 atom stereocenters. The van der Waals surface area contributed by atoms with Gasteiger partial charge in [-0.05, 0) is 47.5 Å². The fourth-order valence-corrected chi connectivity index (χ4v) is 4.82. The Hall–Kier alpha value is -3.17. The summed E-state index contributed by atoms with van der Waals surface area (Å²) < 4.78 is 39.9. The molecule has 0 unspecified atom stereocenters. The third-order valence-electron chi connectivity index (χ3n) is 4.47. The summed E-state index contributed by atoms with van der Waals surface area (Å²) >= 11 is 3.29. The minimum absolute atomic E-state index is 0.404. The highest BCUT2D eigenvalue weighted by atomic mass is 32.2. The molecule has 0 bridgehead atoms. The van der Waals surface area contributed by atoms with E-state index in [1.54, 1.807) is 35.2 Å². The maximum atomic E-state index is 12.6. The number of hydrazone groups is 1. The first-order valence-electron chi connectivity index (χ1n) is 9.46. The summed E-state index contributed by atoms with van der Waals surface area (Å²) in [6, 6.07) is 19.7. The van der Waals surface area contributed by atoms with Crippen LogP contribution >= 0.6 is 23.1 Å². The Bertz CT molecular complexity index is 1220. The summed E-state index contributed by atoms with van der Waals surface area (Å²) in [5, 5.41) is 3.81. The number of fused-ring (bicyclic) bond motifs is 1. The van der Waals surface area contributed by atoms with Crippen molar-refractivity contribution in [2.75, 3.05) is 0 Å². The highest BCUT2D eigenvalue weighted by molar-refractivity contribution is 8.00. The van der Waals surface area contributed by atoms with E-state index in [0.29, 0.717) is 11.1 Å². The molecule has 0 saturated carbocycles. The van der Waals surface area contributed by atoms with E-state index in [1.807, 2.05) is 36.4 Å². The highest BCUT2D eigenvalue weighted by Crippen LogP contribution is 2.31. The van der Waals surface area contributed by atoms with Gasteiger partial charge in [0.05, 0.1) is 22.0 Å². The topological polar surface area (TPSA) is 54.4 Å². The van der Waals surface area contributed by atoms with Crippen molar-refractivity contribution >= 4 is 45.4 Å². The van der Waals surface area contributed by atoms with Gasteiger partial charge in [0.1, 0.15) is 0 Å². The molecule has 0 aliphatic heterocycles. The van der Waals surface area contributed by atoms with Crippen LogP contribution in [0.1, 0.15) is 27.0 Å². The summed E-state index contributed by atoms with van der Waals surface area (Å²) in [6.07, 6.45) is -3.09. The number of nitrogens with one attached hydrogen (secondary N) is 1. The molecule has 0 fully saturated rings. The molecule has 0 aliphatic rings. The van der Waals surface area contributed by atoms with Crippen LogP contribution in [0.2, 0.25) is 0 Å². The number of aromatic nitrogens is 1. The van der Waals surface area contributed by atoms with Gasteiger partial charge in [-0.2, -0.15) is 18.3 Å². The second-order valence-corrected chi connectivity index (χ2v) is 9.01. The van der Waals surface area contributed by atoms with Crippen molar-refractivity contribution in [3.05, 3.63) is 95.1 Å². The number of amides is 1. The first-order valence-corrected chi connectivity index (χ1v) is 11.3. The molecule has 1 N–H and O–H groups in total. The van der Waals surface area contributed by atoms with Crippen molar-refractivity contribution in [2.45, 2.75) is 16.3 Å². The zero-order valence-corrected chi connectivity index (χ0v) is 18.1. The molecule has 4 rings (SSSR count). The summed E-state index contributed by atoms with van der Waals surface area (Å²) in [7, 11) is 0. The maximum absolute atomic E-state index is 12.6. The van der Waals surface area contributed by atoms with Crippen molar-refractivity contribution in [1.29, 1.82) is 0 Å².